The lowest BCUT2D eigenvalue weighted by Gasteiger charge is -2.05. The topological polar surface area (TPSA) is 103 Å². The molecule has 140 valence electrons. The number of nitrogens with one attached hydrogen (secondary N) is 1. The maximum atomic E-state index is 12.6. The highest BCUT2D eigenvalue weighted by atomic mass is 32.2. The van der Waals surface area contributed by atoms with Gasteiger partial charge in [0.1, 0.15) is 5.75 Å². The maximum Gasteiger partial charge on any atom is 0.214 e. The summed E-state index contributed by atoms with van der Waals surface area (Å²) in [6, 6.07) is 7.29. The lowest BCUT2D eigenvalue weighted by atomic mass is 10.1. The summed E-state index contributed by atoms with van der Waals surface area (Å²) in [6.45, 7) is 5.06. The van der Waals surface area contributed by atoms with Gasteiger partial charge >= 0.3 is 0 Å². The van der Waals surface area contributed by atoms with Crippen LogP contribution < -0.4 is 4.74 Å². The van der Waals surface area contributed by atoms with Crippen LogP contribution in [0.5, 0.6) is 5.75 Å². The molecule has 2 heterocycles. The van der Waals surface area contributed by atoms with Crippen molar-refractivity contribution < 1.29 is 14.3 Å². The van der Waals surface area contributed by atoms with Crippen molar-refractivity contribution in [2.24, 2.45) is 0 Å². The molecule has 0 bridgehead atoms. The summed E-state index contributed by atoms with van der Waals surface area (Å²) in [4.78, 5) is 27.4. The number of carbonyl (C=O) groups is 2. The normalized spacial score (nSPS) is 10.8. The second-order valence-electron chi connectivity index (χ2n) is 5.96. The summed E-state index contributed by atoms with van der Waals surface area (Å²) >= 11 is 1.23. The Kier molecular flexibility index (Phi) is 5.41. The molecule has 0 amide bonds. The lowest BCUT2D eigenvalue weighted by molar-refractivity contribution is 0.101. The number of aryl methyl sites for hydroxylation is 1. The van der Waals surface area contributed by atoms with Gasteiger partial charge in [0.05, 0.1) is 24.2 Å². The highest BCUT2D eigenvalue weighted by Gasteiger charge is 2.20. The van der Waals surface area contributed by atoms with E-state index < -0.39 is 0 Å². The lowest BCUT2D eigenvalue weighted by Crippen LogP contribution is -2.07. The number of hydrogen-bond donors (Lipinski definition) is 1. The number of methoxy groups -OCH3 is 1. The highest BCUT2D eigenvalue weighted by molar-refractivity contribution is 7.99. The minimum absolute atomic E-state index is 0.0589. The molecule has 2 aromatic heterocycles. The molecule has 1 aromatic carbocycles. The first-order valence-electron chi connectivity index (χ1n) is 8.21. The van der Waals surface area contributed by atoms with E-state index in [0.717, 1.165) is 11.4 Å². The van der Waals surface area contributed by atoms with Crippen molar-refractivity contribution in [3.63, 3.8) is 0 Å². The SMILES string of the molecule is COc1ccc(-n2nnnc2SCC(=O)c2[nH]c(C)c(C(C)=O)c2C)cc1. The Labute approximate surface area is 160 Å². The number of nitrogens with zero attached hydrogens (tertiary/aromatic N) is 4. The molecule has 0 atom stereocenters. The Morgan fingerprint density at radius 1 is 1.22 bits per heavy atom. The molecule has 0 radical (unpaired) electrons. The van der Waals surface area contributed by atoms with Crippen LogP contribution in [0.2, 0.25) is 0 Å². The first-order chi connectivity index (χ1) is 12.9. The number of Topliss-reactive ketones (excluding diaryl/α,β-unsaturated/α-hetero) is 2. The zero-order valence-corrected chi connectivity index (χ0v) is 16.3. The smallest absolute Gasteiger partial charge is 0.214 e. The number of aromatic amines is 1. The average molecular weight is 385 g/mol. The average Bonchev–Trinajstić information content (AvgIpc) is 3.23. The minimum atomic E-state index is -0.114. The Balaban J connectivity index is 1.76. The molecule has 3 rings (SSSR count). The number of rotatable bonds is 7. The van der Waals surface area contributed by atoms with Gasteiger partial charge in [0, 0.05) is 11.3 Å². The van der Waals surface area contributed by atoms with Crippen molar-refractivity contribution in [3.8, 4) is 11.4 Å². The fourth-order valence-corrected chi connectivity index (χ4v) is 3.68. The highest BCUT2D eigenvalue weighted by Crippen LogP contribution is 2.23. The van der Waals surface area contributed by atoms with Crippen molar-refractivity contribution in [1.82, 2.24) is 25.2 Å². The van der Waals surface area contributed by atoms with Gasteiger partial charge in [-0.3, -0.25) is 9.59 Å². The van der Waals surface area contributed by atoms with Gasteiger partial charge in [0.25, 0.3) is 0 Å². The molecule has 9 heteroatoms. The van der Waals surface area contributed by atoms with Gasteiger partial charge < -0.3 is 9.72 Å². The van der Waals surface area contributed by atoms with Gasteiger partial charge in [0.15, 0.2) is 11.6 Å². The second kappa shape index (κ2) is 7.75. The molecule has 1 N–H and O–H groups in total. The summed E-state index contributed by atoms with van der Waals surface area (Å²) in [7, 11) is 1.60. The molecule has 0 spiro atoms. The third kappa shape index (κ3) is 3.77. The third-order valence-electron chi connectivity index (χ3n) is 4.16. The number of ketones is 2. The van der Waals surface area contributed by atoms with Crippen LogP contribution in [0.4, 0.5) is 0 Å². The fourth-order valence-electron chi connectivity index (χ4n) is 2.91. The predicted octanol–water partition coefficient (Wildman–Crippen LogP) is 2.79. The maximum absolute atomic E-state index is 12.6. The Morgan fingerprint density at radius 3 is 2.52 bits per heavy atom. The summed E-state index contributed by atoms with van der Waals surface area (Å²) in [5.41, 5.74) is 3.18. The minimum Gasteiger partial charge on any atom is -0.497 e. The quantitative estimate of drug-likeness (QED) is 0.493. The van der Waals surface area contributed by atoms with Crippen molar-refractivity contribution in [3.05, 3.63) is 46.8 Å². The van der Waals surface area contributed by atoms with Crippen LogP contribution in [0.1, 0.15) is 39.0 Å². The van der Waals surface area contributed by atoms with Gasteiger partial charge in [-0.15, -0.1) is 5.10 Å². The van der Waals surface area contributed by atoms with Crippen LogP contribution in [0.3, 0.4) is 0 Å². The number of thioether (sulfide) groups is 1. The van der Waals surface area contributed by atoms with Crippen LogP contribution in [0.15, 0.2) is 29.4 Å². The zero-order chi connectivity index (χ0) is 19.6. The Bertz CT molecular complexity index is 991. The van der Waals surface area contributed by atoms with Crippen molar-refractivity contribution in [2.75, 3.05) is 12.9 Å². The molecular weight excluding hydrogens is 366 g/mol. The predicted molar refractivity (Wildman–Crippen MR) is 101 cm³/mol. The molecule has 0 saturated heterocycles. The molecular formula is C18H19N5O3S. The fraction of sp³-hybridized carbons (Fsp3) is 0.278. The number of H-pyrrole nitrogens is 1. The first kappa shape index (κ1) is 18.8. The van der Waals surface area contributed by atoms with E-state index in [1.165, 1.54) is 18.7 Å². The zero-order valence-electron chi connectivity index (χ0n) is 15.4. The molecule has 0 aliphatic carbocycles. The van der Waals surface area contributed by atoms with Crippen molar-refractivity contribution in [1.29, 1.82) is 0 Å². The van der Waals surface area contributed by atoms with E-state index in [1.54, 1.807) is 25.6 Å². The third-order valence-corrected chi connectivity index (χ3v) is 5.08. The number of aromatic nitrogens is 5. The Morgan fingerprint density at radius 2 is 1.93 bits per heavy atom. The van der Waals surface area contributed by atoms with Crippen LogP contribution in [-0.4, -0.2) is 49.6 Å². The van der Waals surface area contributed by atoms with Gasteiger partial charge in [-0.05, 0) is 61.0 Å². The summed E-state index contributed by atoms with van der Waals surface area (Å²) in [5, 5.41) is 12.2. The van der Waals surface area contributed by atoms with E-state index in [-0.39, 0.29) is 17.3 Å². The summed E-state index contributed by atoms with van der Waals surface area (Å²) in [6.07, 6.45) is 0. The van der Waals surface area contributed by atoms with Gasteiger partial charge in [0.2, 0.25) is 5.16 Å². The summed E-state index contributed by atoms with van der Waals surface area (Å²) < 4.78 is 6.71. The van der Waals surface area contributed by atoms with Crippen LogP contribution in [-0.2, 0) is 0 Å². The van der Waals surface area contributed by atoms with Crippen LogP contribution in [0, 0.1) is 13.8 Å². The molecule has 0 saturated carbocycles. The van der Waals surface area contributed by atoms with E-state index >= 15 is 0 Å². The molecule has 0 aliphatic rings. The number of ether oxygens (including phenoxy) is 1. The van der Waals surface area contributed by atoms with Gasteiger partial charge in [-0.2, -0.15) is 4.68 Å². The number of carbonyl (C=O) groups excluding carboxylic acids is 2. The number of benzene rings is 1. The van der Waals surface area contributed by atoms with E-state index in [1.807, 2.05) is 24.3 Å². The van der Waals surface area contributed by atoms with Crippen LogP contribution >= 0.6 is 11.8 Å². The number of hydrogen-bond acceptors (Lipinski definition) is 7. The van der Waals surface area contributed by atoms with Gasteiger partial charge in [-0.1, -0.05) is 11.8 Å². The van der Waals surface area contributed by atoms with E-state index in [9.17, 15) is 9.59 Å². The molecule has 0 aliphatic heterocycles. The second-order valence-corrected chi connectivity index (χ2v) is 6.91. The molecule has 8 nitrogen and oxygen atoms in total. The van der Waals surface area contributed by atoms with Gasteiger partial charge in [-0.25, -0.2) is 0 Å². The Hall–Kier alpha value is -2.94. The first-order valence-corrected chi connectivity index (χ1v) is 9.19. The molecule has 3 aromatic rings. The number of tetrazole rings is 1. The molecule has 0 unspecified atom stereocenters. The standard InChI is InChI=1S/C18H19N5O3S/c1-10-16(12(3)24)11(2)19-17(10)15(25)9-27-18-20-21-22-23(18)13-5-7-14(26-4)8-6-13/h5-8,19H,9H2,1-4H3. The van der Waals surface area contributed by atoms with Crippen molar-refractivity contribution >= 4 is 23.3 Å². The monoisotopic (exact) mass is 385 g/mol. The summed E-state index contributed by atoms with van der Waals surface area (Å²) in [5.74, 6) is 0.707. The van der Waals surface area contributed by atoms with E-state index in [2.05, 4.69) is 20.5 Å². The van der Waals surface area contributed by atoms with Crippen molar-refractivity contribution in [2.45, 2.75) is 25.9 Å². The van der Waals surface area contributed by atoms with E-state index in [0.29, 0.717) is 27.7 Å². The molecule has 0 fully saturated rings. The molecule has 27 heavy (non-hydrogen) atoms. The van der Waals surface area contributed by atoms with E-state index in [4.69, 9.17) is 4.74 Å². The largest absolute Gasteiger partial charge is 0.497 e. The van der Waals surface area contributed by atoms with Crippen LogP contribution in [0.25, 0.3) is 5.69 Å².